The molecule has 0 saturated carbocycles. The highest BCUT2D eigenvalue weighted by atomic mass is 16.4. The molecule has 2 aromatic heterocycles. The van der Waals surface area contributed by atoms with Gasteiger partial charge in [-0.05, 0) is 31.0 Å². The largest absolute Gasteiger partial charge is 0.481 e. The van der Waals surface area contributed by atoms with Gasteiger partial charge in [-0.15, -0.1) is 0 Å². The third-order valence-corrected chi connectivity index (χ3v) is 6.64. The fourth-order valence-corrected chi connectivity index (χ4v) is 4.39. The first kappa shape index (κ1) is 31.8. The molecule has 0 aliphatic rings. The van der Waals surface area contributed by atoms with Gasteiger partial charge in [-0.25, -0.2) is 9.78 Å². The van der Waals surface area contributed by atoms with Crippen LogP contribution in [0, 0.1) is 0 Å². The van der Waals surface area contributed by atoms with Crippen molar-refractivity contribution >= 4 is 40.6 Å². The normalized spacial score (nSPS) is 14.0. The molecule has 0 spiro atoms. The van der Waals surface area contributed by atoms with Gasteiger partial charge >= 0.3 is 11.9 Å². The highest BCUT2D eigenvalue weighted by Gasteiger charge is 2.32. The van der Waals surface area contributed by atoms with Crippen molar-refractivity contribution in [1.82, 2.24) is 30.9 Å². The lowest BCUT2D eigenvalue weighted by Gasteiger charge is -2.24. The van der Waals surface area contributed by atoms with Gasteiger partial charge in [0.2, 0.25) is 17.7 Å². The molecular weight excluding hydrogens is 548 g/mol. The van der Waals surface area contributed by atoms with Crippen LogP contribution < -0.4 is 27.4 Å². The lowest BCUT2D eigenvalue weighted by molar-refractivity contribution is -0.143. The number of aromatic nitrogens is 3. The summed E-state index contributed by atoms with van der Waals surface area (Å²) in [5, 5.41) is 27.1. The monoisotopic (exact) mass is 584 g/mol. The Morgan fingerprint density at radius 3 is 2.24 bits per heavy atom. The van der Waals surface area contributed by atoms with E-state index >= 15 is 0 Å². The predicted molar refractivity (Wildman–Crippen MR) is 151 cm³/mol. The van der Waals surface area contributed by atoms with Crippen LogP contribution in [0.5, 0.6) is 0 Å². The maximum atomic E-state index is 13.5. The van der Waals surface area contributed by atoms with E-state index in [2.05, 4.69) is 30.9 Å². The number of fused-ring (bicyclic) bond motifs is 1. The van der Waals surface area contributed by atoms with Crippen molar-refractivity contribution in [1.29, 1.82) is 0 Å². The fraction of sp³-hybridized carbons (Fsp3) is 0.407. The first-order valence-electron chi connectivity index (χ1n) is 13.4. The van der Waals surface area contributed by atoms with Crippen LogP contribution in [0.25, 0.3) is 10.9 Å². The number of hydrogen-bond donors (Lipinski definition) is 9. The number of carbonyl (C=O) groups excluding carboxylic acids is 3. The van der Waals surface area contributed by atoms with E-state index in [0.717, 1.165) is 10.9 Å². The number of nitrogens with zero attached hydrogens (tertiary/aromatic N) is 1. The number of unbranched alkanes of at least 4 members (excludes halogenated alkanes) is 1. The lowest BCUT2D eigenvalue weighted by Crippen LogP contribution is -2.58. The Hall–Kier alpha value is -4.76. The molecule has 0 bridgehead atoms. The van der Waals surface area contributed by atoms with Crippen LogP contribution in [0.1, 0.15) is 36.9 Å². The second kappa shape index (κ2) is 15.3. The zero-order chi connectivity index (χ0) is 30.6. The summed E-state index contributed by atoms with van der Waals surface area (Å²) in [6.45, 7) is 0.442. The van der Waals surface area contributed by atoms with Crippen LogP contribution in [0.2, 0.25) is 0 Å². The minimum atomic E-state index is -1.64. The van der Waals surface area contributed by atoms with Gasteiger partial charge in [-0.3, -0.25) is 19.2 Å². The fourth-order valence-electron chi connectivity index (χ4n) is 4.39. The number of carbonyl (C=O) groups is 5. The van der Waals surface area contributed by atoms with Gasteiger partial charge in [0.05, 0.1) is 18.8 Å². The summed E-state index contributed by atoms with van der Waals surface area (Å²) >= 11 is 0. The quantitative estimate of drug-likeness (QED) is 0.0887. The minimum Gasteiger partial charge on any atom is -0.481 e. The van der Waals surface area contributed by atoms with Crippen molar-refractivity contribution in [3.05, 3.63) is 54.2 Å². The topological polar surface area (TPSA) is 258 Å². The van der Waals surface area contributed by atoms with E-state index in [-0.39, 0.29) is 12.8 Å². The highest BCUT2D eigenvalue weighted by Crippen LogP contribution is 2.19. The summed E-state index contributed by atoms with van der Waals surface area (Å²) in [5.74, 6) is -5.24. The Labute approximate surface area is 240 Å². The van der Waals surface area contributed by atoms with Crippen molar-refractivity contribution in [3.63, 3.8) is 0 Å². The molecule has 15 nitrogen and oxygen atoms in total. The zero-order valence-corrected chi connectivity index (χ0v) is 22.8. The predicted octanol–water partition coefficient (Wildman–Crippen LogP) is -0.854. The molecule has 15 heteroatoms. The first-order valence-corrected chi connectivity index (χ1v) is 13.4. The molecule has 0 fully saturated rings. The maximum absolute atomic E-state index is 13.5. The van der Waals surface area contributed by atoms with Crippen LogP contribution >= 0.6 is 0 Å². The number of benzene rings is 1. The average Bonchev–Trinajstić information content (AvgIpc) is 3.61. The summed E-state index contributed by atoms with van der Waals surface area (Å²) in [6.07, 6.45) is 5.03. The Bertz CT molecular complexity index is 1370. The van der Waals surface area contributed by atoms with Gasteiger partial charge in [-0.1, -0.05) is 24.6 Å². The highest BCUT2D eigenvalue weighted by molar-refractivity contribution is 5.96. The number of H-pyrrole nitrogens is 2. The van der Waals surface area contributed by atoms with E-state index in [1.54, 1.807) is 6.20 Å². The van der Waals surface area contributed by atoms with E-state index < -0.39 is 60.2 Å². The lowest BCUT2D eigenvalue weighted by atomic mass is 10.0. The molecule has 3 aromatic rings. The summed E-state index contributed by atoms with van der Waals surface area (Å²) in [4.78, 5) is 72.4. The van der Waals surface area contributed by atoms with E-state index in [0.29, 0.717) is 37.1 Å². The number of imidazole rings is 1. The number of hydrogen-bond acceptors (Lipinski definition) is 8. The van der Waals surface area contributed by atoms with E-state index in [1.807, 2.05) is 24.3 Å². The molecule has 11 N–H and O–H groups in total. The Morgan fingerprint density at radius 2 is 1.57 bits per heavy atom. The van der Waals surface area contributed by atoms with Crippen LogP contribution in [0.3, 0.4) is 0 Å². The molecule has 4 unspecified atom stereocenters. The van der Waals surface area contributed by atoms with E-state index in [4.69, 9.17) is 11.5 Å². The van der Waals surface area contributed by atoms with Crippen LogP contribution in [-0.4, -0.2) is 85.5 Å². The molecular formula is C27H36N8O7. The standard InChI is InChI=1S/C27H36N8O7/c28-8-4-3-6-18(29)24(38)33-20(9-15-12-31-19-7-2-1-5-17(15)19)25(39)34-21(11-23(36)37)26(40)35-22(27(41)42)10-16-13-30-14-32-16/h1-2,5,7,12-14,18,20-22,31H,3-4,6,8-11,28-29H2,(H,30,32)(H,33,38)(H,34,39)(H,35,40)(H,36,37)(H,41,42). The number of rotatable bonds is 17. The van der Waals surface area contributed by atoms with Crippen LogP contribution in [0.4, 0.5) is 0 Å². The van der Waals surface area contributed by atoms with Crippen molar-refractivity contribution in [3.8, 4) is 0 Å². The summed E-state index contributed by atoms with van der Waals surface area (Å²) in [5.41, 5.74) is 13.5. The average molecular weight is 585 g/mol. The molecule has 2 heterocycles. The second-order valence-corrected chi connectivity index (χ2v) is 9.86. The van der Waals surface area contributed by atoms with Gasteiger partial charge in [0.15, 0.2) is 0 Å². The molecule has 0 saturated heterocycles. The SMILES string of the molecule is NCCCCC(N)C(=O)NC(Cc1c[nH]c2ccccc12)C(=O)NC(CC(=O)O)C(=O)NC(Cc1cnc[nH]1)C(=O)O. The first-order chi connectivity index (χ1) is 20.1. The van der Waals surface area contributed by atoms with Crippen molar-refractivity contribution in [2.45, 2.75) is 62.7 Å². The van der Waals surface area contributed by atoms with Crippen molar-refractivity contribution in [2.24, 2.45) is 11.5 Å². The minimum absolute atomic E-state index is 0.00388. The molecule has 226 valence electrons. The molecule has 3 rings (SSSR count). The number of nitrogens with one attached hydrogen (secondary N) is 5. The number of amides is 3. The number of para-hydroxylation sites is 1. The second-order valence-electron chi connectivity index (χ2n) is 9.86. The molecule has 4 atom stereocenters. The molecule has 1 aromatic carbocycles. The number of nitrogens with two attached hydrogens (primary N) is 2. The number of carboxylic acid groups (broad SMARTS) is 2. The maximum Gasteiger partial charge on any atom is 0.326 e. The Morgan fingerprint density at radius 1 is 0.881 bits per heavy atom. The zero-order valence-electron chi connectivity index (χ0n) is 22.8. The number of aromatic amines is 2. The number of aliphatic carboxylic acids is 2. The van der Waals surface area contributed by atoms with E-state index in [1.165, 1.54) is 12.5 Å². The summed E-state index contributed by atoms with van der Waals surface area (Å²) in [7, 11) is 0. The van der Waals surface area contributed by atoms with Gasteiger partial charge in [0, 0.05) is 41.8 Å². The van der Waals surface area contributed by atoms with Crippen LogP contribution in [0.15, 0.2) is 43.0 Å². The third kappa shape index (κ3) is 9.14. The summed E-state index contributed by atoms with van der Waals surface area (Å²) < 4.78 is 0. The smallest absolute Gasteiger partial charge is 0.326 e. The molecule has 3 amide bonds. The molecule has 0 radical (unpaired) electrons. The molecule has 42 heavy (non-hydrogen) atoms. The van der Waals surface area contributed by atoms with Gasteiger partial charge in [0.1, 0.15) is 18.1 Å². The Balaban J connectivity index is 1.80. The van der Waals surface area contributed by atoms with Crippen molar-refractivity contribution in [2.75, 3.05) is 6.54 Å². The van der Waals surface area contributed by atoms with Crippen LogP contribution in [-0.2, 0) is 36.8 Å². The van der Waals surface area contributed by atoms with Gasteiger partial charge in [0.25, 0.3) is 0 Å². The van der Waals surface area contributed by atoms with Crippen molar-refractivity contribution < 1.29 is 34.2 Å². The Kier molecular flexibility index (Phi) is 11.6. The van der Waals surface area contributed by atoms with Gasteiger partial charge in [-0.2, -0.15) is 0 Å². The molecule has 0 aliphatic heterocycles. The van der Waals surface area contributed by atoms with E-state index in [9.17, 15) is 34.2 Å². The molecule has 0 aliphatic carbocycles. The number of carboxylic acids is 2. The van der Waals surface area contributed by atoms with Gasteiger partial charge < -0.3 is 47.6 Å². The third-order valence-electron chi connectivity index (χ3n) is 6.64. The summed E-state index contributed by atoms with van der Waals surface area (Å²) in [6, 6.07) is 2.10.